The number of nitrogens with zero attached hydrogens (tertiary/aromatic N) is 1. The van der Waals surface area contributed by atoms with Gasteiger partial charge in [-0.15, -0.1) is 0 Å². The summed E-state index contributed by atoms with van der Waals surface area (Å²) in [5.41, 5.74) is 0.712. The molecule has 1 aromatic carbocycles. The third-order valence-corrected chi connectivity index (χ3v) is 2.44. The molecule has 0 aliphatic heterocycles. The van der Waals surface area contributed by atoms with E-state index in [2.05, 4.69) is 4.74 Å². The van der Waals surface area contributed by atoms with Crippen LogP contribution in [-0.2, 0) is 9.53 Å². The van der Waals surface area contributed by atoms with Crippen LogP contribution in [0.15, 0.2) is 23.8 Å². The van der Waals surface area contributed by atoms with Crippen molar-refractivity contribution in [3.8, 4) is 11.8 Å². The van der Waals surface area contributed by atoms with Crippen molar-refractivity contribution in [2.45, 2.75) is 6.92 Å². The Morgan fingerprint density at radius 3 is 2.56 bits per heavy atom. The lowest BCUT2D eigenvalue weighted by molar-refractivity contribution is -0.135. The Hall–Kier alpha value is -2.35. The molecule has 5 heteroatoms. The van der Waals surface area contributed by atoms with E-state index in [1.54, 1.807) is 13.0 Å². The summed E-state index contributed by atoms with van der Waals surface area (Å²) in [5.74, 6) is -0.939. The fourth-order valence-electron chi connectivity index (χ4n) is 1.49. The molecule has 0 radical (unpaired) electrons. The zero-order valence-electron chi connectivity index (χ0n) is 10.3. The third-order valence-electron chi connectivity index (χ3n) is 2.44. The standard InChI is InChI=1S/C13H12FNO3/c1-8(11(7-15)13(16)18-3)10-5-4-9(14)6-12(10)17-2/h4-6H,1-3H3/b11-8+. The number of hydrogen-bond donors (Lipinski definition) is 0. The summed E-state index contributed by atoms with van der Waals surface area (Å²) in [6.45, 7) is 1.57. The molecule has 0 saturated carbocycles. The predicted octanol–water partition coefficient (Wildman–Crippen LogP) is 2.30. The van der Waals surface area contributed by atoms with Crippen LogP contribution in [0, 0.1) is 17.1 Å². The number of allylic oxidation sites excluding steroid dienone is 1. The molecule has 0 saturated heterocycles. The van der Waals surface area contributed by atoms with Crippen molar-refractivity contribution < 1.29 is 18.7 Å². The molecule has 0 atom stereocenters. The van der Waals surface area contributed by atoms with E-state index >= 15 is 0 Å². The molecule has 0 heterocycles. The fourth-order valence-corrected chi connectivity index (χ4v) is 1.49. The van der Waals surface area contributed by atoms with Crippen LogP contribution in [0.1, 0.15) is 12.5 Å². The molecule has 0 aliphatic rings. The lowest BCUT2D eigenvalue weighted by atomic mass is 10.0. The third kappa shape index (κ3) is 2.66. The van der Waals surface area contributed by atoms with Gasteiger partial charge in [0.05, 0.1) is 14.2 Å². The van der Waals surface area contributed by atoms with Crippen molar-refractivity contribution in [1.29, 1.82) is 5.26 Å². The van der Waals surface area contributed by atoms with Gasteiger partial charge in [0.25, 0.3) is 0 Å². The first-order valence-corrected chi connectivity index (χ1v) is 5.08. The summed E-state index contributed by atoms with van der Waals surface area (Å²) < 4.78 is 22.6. The Balaban J connectivity index is 3.41. The van der Waals surface area contributed by atoms with Crippen LogP contribution < -0.4 is 4.74 Å². The van der Waals surface area contributed by atoms with Crippen LogP contribution in [0.25, 0.3) is 5.57 Å². The van der Waals surface area contributed by atoms with Crippen LogP contribution >= 0.6 is 0 Å². The van der Waals surface area contributed by atoms with E-state index in [-0.39, 0.29) is 11.3 Å². The molecule has 0 spiro atoms. The summed E-state index contributed by atoms with van der Waals surface area (Å²) >= 11 is 0. The largest absolute Gasteiger partial charge is 0.496 e. The van der Waals surface area contributed by atoms with Gasteiger partial charge in [0.1, 0.15) is 23.2 Å². The number of hydrogen-bond acceptors (Lipinski definition) is 4. The molecule has 0 fully saturated rings. The summed E-state index contributed by atoms with van der Waals surface area (Å²) in [6, 6.07) is 5.64. The Bertz CT molecular complexity index is 544. The zero-order valence-corrected chi connectivity index (χ0v) is 10.3. The first-order chi connectivity index (χ1) is 8.54. The molecule has 4 nitrogen and oxygen atoms in total. The van der Waals surface area contributed by atoms with Crippen molar-refractivity contribution in [3.05, 3.63) is 35.2 Å². The number of ether oxygens (including phenoxy) is 2. The fraction of sp³-hybridized carbons (Fsp3) is 0.231. The van der Waals surface area contributed by atoms with Gasteiger partial charge in [-0.25, -0.2) is 9.18 Å². The number of benzene rings is 1. The smallest absolute Gasteiger partial charge is 0.348 e. The number of rotatable bonds is 3. The van der Waals surface area contributed by atoms with E-state index in [0.29, 0.717) is 11.1 Å². The molecule has 1 rings (SSSR count). The van der Waals surface area contributed by atoms with Crippen molar-refractivity contribution in [2.24, 2.45) is 0 Å². The van der Waals surface area contributed by atoms with Gasteiger partial charge in [-0.1, -0.05) is 0 Å². The molecule has 18 heavy (non-hydrogen) atoms. The van der Waals surface area contributed by atoms with Crippen molar-refractivity contribution in [2.75, 3.05) is 14.2 Å². The Kier molecular flexibility index (Phi) is 4.44. The van der Waals surface area contributed by atoms with Crippen LogP contribution in [0.3, 0.4) is 0 Å². The minimum absolute atomic E-state index is 0.137. The number of carbonyl (C=O) groups excluding carboxylic acids is 1. The highest BCUT2D eigenvalue weighted by Gasteiger charge is 2.17. The Labute approximate surface area is 104 Å². The highest BCUT2D eigenvalue weighted by atomic mass is 19.1. The summed E-state index contributed by atoms with van der Waals surface area (Å²) in [6.07, 6.45) is 0. The van der Waals surface area contributed by atoms with Crippen molar-refractivity contribution in [1.82, 2.24) is 0 Å². The maximum Gasteiger partial charge on any atom is 0.348 e. The highest BCUT2D eigenvalue weighted by Crippen LogP contribution is 2.28. The molecule has 0 aromatic heterocycles. The molecule has 0 amide bonds. The minimum Gasteiger partial charge on any atom is -0.496 e. The molecular formula is C13H12FNO3. The summed E-state index contributed by atoms with van der Waals surface area (Å²) in [7, 11) is 2.57. The number of halogens is 1. The van der Waals surface area contributed by atoms with E-state index in [1.165, 1.54) is 32.4 Å². The van der Waals surface area contributed by atoms with Crippen LogP contribution in [0.5, 0.6) is 5.75 Å². The second-order valence-electron chi connectivity index (χ2n) is 3.45. The van der Waals surface area contributed by atoms with E-state index in [9.17, 15) is 9.18 Å². The number of methoxy groups -OCH3 is 2. The molecule has 0 aliphatic carbocycles. The van der Waals surface area contributed by atoms with Crippen molar-refractivity contribution >= 4 is 11.5 Å². The lowest BCUT2D eigenvalue weighted by Gasteiger charge is -2.10. The molecule has 1 aromatic rings. The minimum atomic E-state index is -0.735. The second-order valence-corrected chi connectivity index (χ2v) is 3.45. The topological polar surface area (TPSA) is 59.3 Å². The van der Waals surface area contributed by atoms with Gasteiger partial charge in [0.15, 0.2) is 0 Å². The van der Waals surface area contributed by atoms with Gasteiger partial charge < -0.3 is 9.47 Å². The predicted molar refractivity (Wildman–Crippen MR) is 63.2 cm³/mol. The average Bonchev–Trinajstić information content (AvgIpc) is 2.38. The van der Waals surface area contributed by atoms with Crippen LogP contribution in [0.4, 0.5) is 4.39 Å². The van der Waals surface area contributed by atoms with Crippen LogP contribution in [0.2, 0.25) is 0 Å². The molecule has 0 bridgehead atoms. The maximum atomic E-state index is 13.1. The number of carbonyl (C=O) groups is 1. The van der Waals surface area contributed by atoms with Gasteiger partial charge in [-0.3, -0.25) is 0 Å². The normalized spacial score (nSPS) is 11.3. The first kappa shape index (κ1) is 13.7. The van der Waals surface area contributed by atoms with Crippen LogP contribution in [-0.4, -0.2) is 20.2 Å². The summed E-state index contributed by atoms with van der Waals surface area (Å²) in [4.78, 5) is 11.4. The van der Waals surface area contributed by atoms with Gasteiger partial charge in [0, 0.05) is 11.6 Å². The first-order valence-electron chi connectivity index (χ1n) is 5.08. The van der Waals surface area contributed by atoms with E-state index in [1.807, 2.05) is 0 Å². The zero-order chi connectivity index (χ0) is 13.7. The molecule has 0 unspecified atom stereocenters. The maximum absolute atomic E-state index is 13.1. The Morgan fingerprint density at radius 1 is 1.39 bits per heavy atom. The van der Waals surface area contributed by atoms with E-state index < -0.39 is 11.8 Å². The average molecular weight is 249 g/mol. The molecular weight excluding hydrogens is 237 g/mol. The van der Waals surface area contributed by atoms with Crippen molar-refractivity contribution in [3.63, 3.8) is 0 Å². The quantitative estimate of drug-likeness (QED) is 0.468. The monoisotopic (exact) mass is 249 g/mol. The van der Waals surface area contributed by atoms with E-state index in [4.69, 9.17) is 10.00 Å². The van der Waals surface area contributed by atoms with Gasteiger partial charge in [-0.05, 0) is 24.6 Å². The molecule has 0 N–H and O–H groups in total. The van der Waals surface area contributed by atoms with Gasteiger partial charge in [0.2, 0.25) is 0 Å². The SMILES string of the molecule is COC(=O)/C(C#N)=C(\C)c1ccc(F)cc1OC. The second kappa shape index (κ2) is 5.82. The lowest BCUT2D eigenvalue weighted by Crippen LogP contribution is -2.05. The molecule has 94 valence electrons. The Morgan fingerprint density at radius 2 is 2.06 bits per heavy atom. The summed E-state index contributed by atoms with van der Waals surface area (Å²) in [5, 5.41) is 8.95. The highest BCUT2D eigenvalue weighted by molar-refractivity contribution is 6.01. The van der Waals surface area contributed by atoms with E-state index in [0.717, 1.165) is 0 Å². The van der Waals surface area contributed by atoms with Gasteiger partial charge >= 0.3 is 5.97 Å². The van der Waals surface area contributed by atoms with Gasteiger partial charge in [-0.2, -0.15) is 5.26 Å². The number of nitriles is 1. The number of esters is 1.